The van der Waals surface area contributed by atoms with Crippen molar-refractivity contribution >= 4 is 45.3 Å². The summed E-state index contributed by atoms with van der Waals surface area (Å²) in [6.45, 7) is 0.662. The smallest absolute Gasteiger partial charge is 0.315 e. The van der Waals surface area contributed by atoms with E-state index in [1.807, 2.05) is 18.2 Å². The van der Waals surface area contributed by atoms with Crippen LogP contribution in [-0.4, -0.2) is 34.3 Å². The molecular formula is C14H12N4O2S. The summed E-state index contributed by atoms with van der Waals surface area (Å²) in [7, 11) is 0. The number of aliphatic imine (C=N–C) groups is 1. The van der Waals surface area contributed by atoms with Crippen molar-refractivity contribution in [2.24, 2.45) is 4.99 Å². The van der Waals surface area contributed by atoms with Gasteiger partial charge < -0.3 is 5.32 Å². The number of carbonyl (C=O) groups is 2. The third kappa shape index (κ3) is 3.03. The zero-order chi connectivity index (χ0) is 14.7. The summed E-state index contributed by atoms with van der Waals surface area (Å²) in [5, 5.41) is 6.46. The molecule has 2 heterocycles. The number of hydrogen-bond donors (Lipinski definition) is 2. The molecule has 1 aromatic heterocycles. The molecule has 0 saturated carbocycles. The molecule has 0 atom stereocenters. The van der Waals surface area contributed by atoms with Gasteiger partial charge in [-0.15, -0.1) is 0 Å². The summed E-state index contributed by atoms with van der Waals surface area (Å²) < 4.78 is 0. The third-order valence-electron chi connectivity index (χ3n) is 2.89. The number of fused-ring (bicyclic) bond motifs is 1. The summed E-state index contributed by atoms with van der Waals surface area (Å²) >= 11 is 1.42. The van der Waals surface area contributed by atoms with Gasteiger partial charge in [0.15, 0.2) is 5.17 Å². The fourth-order valence-corrected chi connectivity index (χ4v) is 2.67. The van der Waals surface area contributed by atoms with Crippen LogP contribution < -0.4 is 10.6 Å². The average molecular weight is 300 g/mol. The maximum Gasteiger partial charge on any atom is 0.315 e. The van der Waals surface area contributed by atoms with Crippen molar-refractivity contribution in [1.82, 2.24) is 10.3 Å². The number of hydrogen-bond acceptors (Lipinski definition) is 5. The second kappa shape index (κ2) is 5.92. The molecule has 0 fully saturated rings. The van der Waals surface area contributed by atoms with Gasteiger partial charge in [-0.3, -0.25) is 24.9 Å². The number of rotatable bonds is 1. The lowest BCUT2D eigenvalue weighted by Crippen LogP contribution is -2.37. The normalized spacial score (nSPS) is 13.8. The SMILES string of the molecule is O=C(NC1=NCCS1)C(=O)Nc1cccc2cccnc12. The zero-order valence-corrected chi connectivity index (χ0v) is 11.8. The summed E-state index contributed by atoms with van der Waals surface area (Å²) in [5.41, 5.74) is 1.16. The molecule has 2 aromatic rings. The number of benzene rings is 1. The van der Waals surface area contributed by atoms with E-state index in [1.165, 1.54) is 11.8 Å². The van der Waals surface area contributed by atoms with Crippen molar-refractivity contribution in [2.45, 2.75) is 0 Å². The van der Waals surface area contributed by atoms with E-state index in [2.05, 4.69) is 20.6 Å². The zero-order valence-electron chi connectivity index (χ0n) is 11.0. The fraction of sp³-hybridized carbons (Fsp3) is 0.143. The van der Waals surface area contributed by atoms with E-state index in [1.54, 1.807) is 18.3 Å². The molecule has 21 heavy (non-hydrogen) atoms. The maximum absolute atomic E-state index is 11.9. The Morgan fingerprint density at radius 1 is 1.10 bits per heavy atom. The number of nitrogens with one attached hydrogen (secondary N) is 2. The summed E-state index contributed by atoms with van der Waals surface area (Å²) in [5.74, 6) is -0.635. The Labute approximate surface area is 125 Å². The maximum atomic E-state index is 11.9. The van der Waals surface area contributed by atoms with Crippen molar-refractivity contribution in [3.63, 3.8) is 0 Å². The number of aromatic nitrogens is 1. The third-order valence-corrected chi connectivity index (χ3v) is 3.78. The Morgan fingerprint density at radius 3 is 2.71 bits per heavy atom. The van der Waals surface area contributed by atoms with E-state index >= 15 is 0 Å². The van der Waals surface area contributed by atoms with E-state index in [-0.39, 0.29) is 0 Å². The Bertz CT molecular complexity index is 739. The monoisotopic (exact) mass is 300 g/mol. The van der Waals surface area contributed by atoms with E-state index in [0.29, 0.717) is 22.9 Å². The molecule has 0 aliphatic carbocycles. The van der Waals surface area contributed by atoms with Crippen LogP contribution >= 0.6 is 11.8 Å². The van der Waals surface area contributed by atoms with E-state index in [0.717, 1.165) is 11.1 Å². The predicted octanol–water partition coefficient (Wildman–Crippen LogP) is 1.39. The highest BCUT2D eigenvalue weighted by molar-refractivity contribution is 8.14. The van der Waals surface area contributed by atoms with Crippen LogP contribution in [0.2, 0.25) is 0 Å². The molecule has 7 heteroatoms. The van der Waals surface area contributed by atoms with Crippen molar-refractivity contribution in [3.05, 3.63) is 36.5 Å². The van der Waals surface area contributed by atoms with Crippen LogP contribution in [-0.2, 0) is 9.59 Å². The lowest BCUT2D eigenvalue weighted by atomic mass is 10.2. The van der Waals surface area contributed by atoms with Crippen LogP contribution in [0.5, 0.6) is 0 Å². The molecule has 0 saturated heterocycles. The summed E-state index contributed by atoms with van der Waals surface area (Å²) in [6, 6.07) is 9.11. The minimum Gasteiger partial charge on any atom is -0.316 e. The van der Waals surface area contributed by atoms with Gasteiger partial charge in [0.25, 0.3) is 0 Å². The molecule has 2 amide bonds. The second-order valence-electron chi connectivity index (χ2n) is 4.32. The van der Waals surface area contributed by atoms with Gasteiger partial charge in [-0.2, -0.15) is 0 Å². The van der Waals surface area contributed by atoms with E-state index in [9.17, 15) is 9.59 Å². The van der Waals surface area contributed by atoms with Gasteiger partial charge in [0.2, 0.25) is 0 Å². The van der Waals surface area contributed by atoms with E-state index in [4.69, 9.17) is 0 Å². The van der Waals surface area contributed by atoms with Gasteiger partial charge in [0.05, 0.1) is 17.7 Å². The highest BCUT2D eigenvalue weighted by Crippen LogP contribution is 2.20. The van der Waals surface area contributed by atoms with Crippen molar-refractivity contribution in [1.29, 1.82) is 0 Å². The largest absolute Gasteiger partial charge is 0.316 e. The van der Waals surface area contributed by atoms with Gasteiger partial charge in [-0.25, -0.2) is 0 Å². The van der Waals surface area contributed by atoms with Gasteiger partial charge >= 0.3 is 11.8 Å². The Morgan fingerprint density at radius 2 is 1.90 bits per heavy atom. The fourth-order valence-electron chi connectivity index (χ4n) is 1.95. The van der Waals surface area contributed by atoms with Gasteiger partial charge in [-0.05, 0) is 12.1 Å². The lowest BCUT2D eigenvalue weighted by molar-refractivity contribution is -0.135. The minimum atomic E-state index is -0.733. The molecule has 1 aromatic carbocycles. The topological polar surface area (TPSA) is 83.5 Å². The molecular weight excluding hydrogens is 288 g/mol. The molecule has 3 rings (SSSR count). The summed E-state index contributed by atoms with van der Waals surface area (Å²) in [4.78, 5) is 32.0. The van der Waals surface area contributed by atoms with Crippen LogP contribution in [0.1, 0.15) is 0 Å². The van der Waals surface area contributed by atoms with Crippen LogP contribution in [0, 0.1) is 0 Å². The number of anilines is 1. The van der Waals surface area contributed by atoms with Crippen LogP contribution in [0.25, 0.3) is 10.9 Å². The molecule has 1 aliphatic rings. The number of nitrogens with zero attached hydrogens (tertiary/aromatic N) is 2. The number of pyridine rings is 1. The molecule has 0 radical (unpaired) electrons. The van der Waals surface area contributed by atoms with Gasteiger partial charge in [0.1, 0.15) is 0 Å². The Kier molecular flexibility index (Phi) is 3.83. The van der Waals surface area contributed by atoms with Crippen molar-refractivity contribution < 1.29 is 9.59 Å². The number of carbonyl (C=O) groups excluding carboxylic acids is 2. The standard InChI is InChI=1S/C14H12N4O2S/c19-12(13(20)18-14-16-7-8-21-14)17-10-5-1-3-9-4-2-6-15-11(9)10/h1-6H,7-8H2,(H,17,19)(H,16,18,20). The number of thioether (sulfide) groups is 1. The molecule has 0 spiro atoms. The first-order valence-electron chi connectivity index (χ1n) is 6.37. The van der Waals surface area contributed by atoms with Crippen LogP contribution in [0.15, 0.2) is 41.5 Å². The lowest BCUT2D eigenvalue weighted by Gasteiger charge is -2.08. The van der Waals surface area contributed by atoms with Crippen molar-refractivity contribution in [2.75, 3.05) is 17.6 Å². The first-order chi connectivity index (χ1) is 10.2. The average Bonchev–Trinajstić information content (AvgIpc) is 3.00. The molecule has 0 bridgehead atoms. The van der Waals surface area contributed by atoms with Crippen LogP contribution in [0.3, 0.4) is 0 Å². The Hall–Kier alpha value is -2.41. The number of amides is 2. The first kappa shape index (κ1) is 13.6. The highest BCUT2D eigenvalue weighted by Gasteiger charge is 2.18. The van der Waals surface area contributed by atoms with Crippen molar-refractivity contribution in [3.8, 4) is 0 Å². The molecule has 0 unspecified atom stereocenters. The Balaban J connectivity index is 1.75. The first-order valence-corrected chi connectivity index (χ1v) is 7.36. The predicted molar refractivity (Wildman–Crippen MR) is 83.3 cm³/mol. The molecule has 1 aliphatic heterocycles. The number of para-hydroxylation sites is 1. The quantitative estimate of drug-likeness (QED) is 0.780. The van der Waals surface area contributed by atoms with Gasteiger partial charge in [0, 0.05) is 17.3 Å². The summed E-state index contributed by atoms with van der Waals surface area (Å²) in [6.07, 6.45) is 1.64. The molecule has 106 valence electrons. The molecule has 2 N–H and O–H groups in total. The number of amidine groups is 1. The van der Waals surface area contributed by atoms with E-state index < -0.39 is 11.8 Å². The highest BCUT2D eigenvalue weighted by atomic mass is 32.2. The molecule has 6 nitrogen and oxygen atoms in total. The van der Waals surface area contributed by atoms with Crippen LogP contribution in [0.4, 0.5) is 5.69 Å². The second-order valence-corrected chi connectivity index (χ2v) is 5.41. The minimum absolute atomic E-state index is 0.492. The van der Waals surface area contributed by atoms with Gasteiger partial charge in [-0.1, -0.05) is 30.0 Å².